The Morgan fingerprint density at radius 1 is 1.62 bits per heavy atom. The van der Waals surface area contributed by atoms with Gasteiger partial charge >= 0.3 is 0 Å². The SMILES string of the molecule is CC1(Nc2ccnc(C#N)c2)CC1. The lowest BCUT2D eigenvalue weighted by Crippen LogP contribution is -2.15. The van der Waals surface area contributed by atoms with E-state index in [0.29, 0.717) is 5.69 Å². The van der Waals surface area contributed by atoms with Gasteiger partial charge < -0.3 is 5.32 Å². The first kappa shape index (κ1) is 8.06. The first-order valence-electron chi connectivity index (χ1n) is 4.36. The molecule has 1 fully saturated rings. The molecule has 0 bridgehead atoms. The second-order valence-electron chi connectivity index (χ2n) is 3.73. The first-order valence-corrected chi connectivity index (χ1v) is 4.36. The van der Waals surface area contributed by atoms with Crippen molar-refractivity contribution in [2.24, 2.45) is 0 Å². The molecule has 0 spiro atoms. The molecule has 66 valence electrons. The van der Waals surface area contributed by atoms with Crippen molar-refractivity contribution in [1.29, 1.82) is 5.26 Å². The van der Waals surface area contributed by atoms with E-state index < -0.39 is 0 Å². The van der Waals surface area contributed by atoms with Gasteiger partial charge in [-0.15, -0.1) is 0 Å². The Kier molecular flexibility index (Phi) is 1.70. The van der Waals surface area contributed by atoms with E-state index in [1.807, 2.05) is 12.1 Å². The van der Waals surface area contributed by atoms with Crippen molar-refractivity contribution in [2.75, 3.05) is 5.32 Å². The number of nitrogens with one attached hydrogen (secondary N) is 1. The number of anilines is 1. The van der Waals surface area contributed by atoms with Crippen molar-refractivity contribution in [2.45, 2.75) is 25.3 Å². The molecule has 1 aromatic heterocycles. The molecule has 1 heterocycles. The Labute approximate surface area is 77.4 Å². The Morgan fingerprint density at radius 2 is 2.38 bits per heavy atom. The number of aromatic nitrogens is 1. The molecule has 1 N–H and O–H groups in total. The zero-order valence-electron chi connectivity index (χ0n) is 7.54. The van der Waals surface area contributed by atoms with Gasteiger partial charge in [0.2, 0.25) is 0 Å². The summed E-state index contributed by atoms with van der Waals surface area (Å²) in [6, 6.07) is 5.70. The molecule has 1 aromatic rings. The molecular weight excluding hydrogens is 162 g/mol. The van der Waals surface area contributed by atoms with E-state index in [1.54, 1.807) is 12.3 Å². The van der Waals surface area contributed by atoms with Gasteiger partial charge in [0.15, 0.2) is 0 Å². The number of pyridine rings is 1. The molecule has 0 atom stereocenters. The second-order valence-corrected chi connectivity index (χ2v) is 3.73. The Morgan fingerprint density at radius 3 is 3.00 bits per heavy atom. The predicted molar refractivity (Wildman–Crippen MR) is 50.2 cm³/mol. The van der Waals surface area contributed by atoms with E-state index in [4.69, 9.17) is 5.26 Å². The number of rotatable bonds is 2. The van der Waals surface area contributed by atoms with E-state index in [2.05, 4.69) is 17.2 Å². The highest BCUT2D eigenvalue weighted by molar-refractivity contribution is 5.49. The molecule has 0 aliphatic heterocycles. The van der Waals surface area contributed by atoms with E-state index in [9.17, 15) is 0 Å². The highest BCUT2D eigenvalue weighted by Crippen LogP contribution is 2.37. The van der Waals surface area contributed by atoms with E-state index in [-0.39, 0.29) is 5.54 Å². The van der Waals surface area contributed by atoms with Crippen molar-refractivity contribution in [3.05, 3.63) is 24.0 Å². The van der Waals surface area contributed by atoms with Gasteiger partial charge in [0.05, 0.1) is 0 Å². The predicted octanol–water partition coefficient (Wildman–Crippen LogP) is 1.92. The number of hydrogen-bond acceptors (Lipinski definition) is 3. The van der Waals surface area contributed by atoms with Crippen LogP contribution in [-0.4, -0.2) is 10.5 Å². The smallest absolute Gasteiger partial charge is 0.142 e. The molecule has 0 amide bonds. The third kappa shape index (κ3) is 1.78. The third-order valence-corrected chi connectivity index (χ3v) is 2.32. The summed E-state index contributed by atoms with van der Waals surface area (Å²) in [6.07, 6.45) is 4.07. The fraction of sp³-hybridized carbons (Fsp3) is 0.400. The monoisotopic (exact) mass is 173 g/mol. The standard InChI is InChI=1S/C10H11N3/c1-10(3-4-10)13-8-2-5-12-9(6-8)7-11/h2,5-6H,3-4H2,1H3,(H,12,13). The van der Waals surface area contributed by atoms with Gasteiger partial charge in [-0.2, -0.15) is 5.26 Å². The molecule has 3 heteroatoms. The molecular formula is C10H11N3. The maximum Gasteiger partial charge on any atom is 0.142 e. The highest BCUT2D eigenvalue weighted by Gasteiger charge is 2.36. The Balaban J connectivity index is 2.17. The average Bonchev–Trinajstić information content (AvgIpc) is 2.84. The van der Waals surface area contributed by atoms with Crippen molar-refractivity contribution >= 4 is 5.69 Å². The van der Waals surface area contributed by atoms with Gasteiger partial charge in [0, 0.05) is 17.4 Å². The lowest BCUT2D eigenvalue weighted by molar-refractivity contribution is 0.828. The summed E-state index contributed by atoms with van der Waals surface area (Å²) in [6.45, 7) is 2.18. The van der Waals surface area contributed by atoms with Crippen LogP contribution in [0.25, 0.3) is 0 Å². The fourth-order valence-corrected chi connectivity index (χ4v) is 1.23. The van der Waals surface area contributed by atoms with E-state index in [1.165, 1.54) is 12.8 Å². The molecule has 0 radical (unpaired) electrons. The zero-order valence-corrected chi connectivity index (χ0v) is 7.54. The van der Waals surface area contributed by atoms with Gasteiger partial charge in [-0.1, -0.05) is 0 Å². The van der Waals surface area contributed by atoms with Crippen molar-refractivity contribution in [3.8, 4) is 6.07 Å². The first-order chi connectivity index (χ1) is 6.22. The van der Waals surface area contributed by atoms with Crippen LogP contribution in [-0.2, 0) is 0 Å². The molecule has 1 saturated carbocycles. The van der Waals surface area contributed by atoms with Gasteiger partial charge in [-0.3, -0.25) is 0 Å². The maximum atomic E-state index is 8.64. The van der Waals surface area contributed by atoms with Crippen molar-refractivity contribution in [3.63, 3.8) is 0 Å². The van der Waals surface area contributed by atoms with Gasteiger partial charge in [-0.05, 0) is 31.9 Å². The second kappa shape index (κ2) is 2.74. The van der Waals surface area contributed by atoms with Gasteiger partial charge in [0.1, 0.15) is 11.8 Å². The van der Waals surface area contributed by atoms with Gasteiger partial charge in [0.25, 0.3) is 0 Å². The summed E-state index contributed by atoms with van der Waals surface area (Å²) in [5.74, 6) is 0. The molecule has 13 heavy (non-hydrogen) atoms. The molecule has 0 aromatic carbocycles. The average molecular weight is 173 g/mol. The van der Waals surface area contributed by atoms with E-state index in [0.717, 1.165) is 5.69 Å². The minimum atomic E-state index is 0.258. The van der Waals surface area contributed by atoms with Crippen molar-refractivity contribution in [1.82, 2.24) is 4.98 Å². The zero-order chi connectivity index (χ0) is 9.31. The lowest BCUT2D eigenvalue weighted by atomic mass is 10.2. The highest BCUT2D eigenvalue weighted by atomic mass is 15.0. The van der Waals surface area contributed by atoms with Crippen LogP contribution in [0.15, 0.2) is 18.3 Å². The summed E-state index contributed by atoms with van der Waals surface area (Å²) in [4.78, 5) is 3.91. The third-order valence-electron chi connectivity index (χ3n) is 2.32. The summed E-state index contributed by atoms with van der Waals surface area (Å²) in [7, 11) is 0. The number of hydrogen-bond donors (Lipinski definition) is 1. The molecule has 2 rings (SSSR count). The molecule has 1 aliphatic rings. The molecule has 0 saturated heterocycles. The fourth-order valence-electron chi connectivity index (χ4n) is 1.23. The minimum Gasteiger partial charge on any atom is -0.380 e. The number of nitriles is 1. The van der Waals surface area contributed by atoms with Crippen LogP contribution in [0.2, 0.25) is 0 Å². The summed E-state index contributed by atoms with van der Waals surface area (Å²) in [5, 5.41) is 12.0. The summed E-state index contributed by atoms with van der Waals surface area (Å²) >= 11 is 0. The van der Waals surface area contributed by atoms with Crippen molar-refractivity contribution < 1.29 is 0 Å². The van der Waals surface area contributed by atoms with Gasteiger partial charge in [-0.25, -0.2) is 4.98 Å². The van der Waals surface area contributed by atoms with Crippen LogP contribution < -0.4 is 5.32 Å². The summed E-state index contributed by atoms with van der Waals surface area (Å²) in [5.41, 5.74) is 1.72. The molecule has 3 nitrogen and oxygen atoms in total. The molecule has 1 aliphatic carbocycles. The maximum absolute atomic E-state index is 8.64. The Hall–Kier alpha value is -1.56. The van der Waals surface area contributed by atoms with Crippen LogP contribution in [0.4, 0.5) is 5.69 Å². The van der Waals surface area contributed by atoms with E-state index >= 15 is 0 Å². The minimum absolute atomic E-state index is 0.258. The van der Waals surface area contributed by atoms with Crippen LogP contribution in [0.3, 0.4) is 0 Å². The summed E-state index contributed by atoms with van der Waals surface area (Å²) < 4.78 is 0. The largest absolute Gasteiger partial charge is 0.380 e. The quantitative estimate of drug-likeness (QED) is 0.743. The Bertz CT molecular complexity index is 361. The normalized spacial score (nSPS) is 17.5. The number of nitrogens with zero attached hydrogens (tertiary/aromatic N) is 2. The molecule has 0 unspecified atom stereocenters. The van der Waals surface area contributed by atoms with Crippen LogP contribution in [0.1, 0.15) is 25.5 Å². The topological polar surface area (TPSA) is 48.7 Å². The van der Waals surface area contributed by atoms with Crippen LogP contribution in [0, 0.1) is 11.3 Å². The van der Waals surface area contributed by atoms with Crippen LogP contribution in [0.5, 0.6) is 0 Å². The van der Waals surface area contributed by atoms with Crippen LogP contribution >= 0.6 is 0 Å². The lowest BCUT2D eigenvalue weighted by Gasteiger charge is -2.12.